The van der Waals surface area contributed by atoms with E-state index in [0.717, 1.165) is 31.9 Å². The van der Waals surface area contributed by atoms with Gasteiger partial charge in [0.1, 0.15) is 0 Å². The predicted molar refractivity (Wildman–Crippen MR) is 85.5 cm³/mol. The first-order valence-corrected chi connectivity index (χ1v) is 7.76. The highest BCUT2D eigenvalue weighted by Gasteiger charge is 2.17. The molecule has 5 heteroatoms. The van der Waals surface area contributed by atoms with E-state index >= 15 is 0 Å². The number of nitrogen functional groups attached to an aromatic ring is 1. The highest BCUT2D eigenvalue weighted by Crippen LogP contribution is 2.35. The Kier molecular flexibility index (Phi) is 3.11. The molecule has 3 rings (SSSR count). The fraction of sp³-hybridized carbons (Fsp3) is 0.214. The van der Waals surface area contributed by atoms with Crippen molar-refractivity contribution < 1.29 is 0 Å². The van der Waals surface area contributed by atoms with E-state index in [1.54, 1.807) is 11.3 Å². The van der Waals surface area contributed by atoms with Crippen molar-refractivity contribution in [3.05, 3.63) is 34.1 Å². The lowest BCUT2D eigenvalue weighted by atomic mass is 10.3. The van der Waals surface area contributed by atoms with Crippen LogP contribution in [0.15, 0.2) is 34.1 Å². The van der Waals surface area contributed by atoms with Crippen LogP contribution >= 0.6 is 27.3 Å². The molecule has 0 atom stereocenters. The maximum absolute atomic E-state index is 6.04. The largest absolute Gasteiger partial charge is 0.397 e. The molecule has 0 spiro atoms. The molecule has 0 radical (unpaired) electrons. The smallest absolute Gasteiger partial charge is 0.153 e. The molecule has 2 aromatic heterocycles. The van der Waals surface area contributed by atoms with Gasteiger partial charge >= 0.3 is 0 Å². The molecule has 0 aliphatic rings. The Balaban J connectivity index is 2.35. The Morgan fingerprint density at radius 3 is 2.74 bits per heavy atom. The lowest BCUT2D eigenvalue weighted by molar-refractivity contribution is 0.625. The van der Waals surface area contributed by atoms with Gasteiger partial charge in [0.2, 0.25) is 0 Å². The molecule has 1 aromatic carbocycles. The third-order valence-electron chi connectivity index (χ3n) is 3.07. The van der Waals surface area contributed by atoms with Crippen molar-refractivity contribution >= 4 is 44.0 Å². The van der Waals surface area contributed by atoms with Crippen molar-refractivity contribution in [2.45, 2.75) is 19.9 Å². The third-order valence-corrected chi connectivity index (χ3v) is 4.49. The number of anilines is 1. The molecule has 0 saturated carbocycles. The molecule has 0 aliphatic heterocycles. The van der Waals surface area contributed by atoms with Crippen LogP contribution < -0.4 is 5.73 Å². The van der Waals surface area contributed by atoms with Crippen molar-refractivity contribution in [2.75, 3.05) is 5.73 Å². The highest BCUT2D eigenvalue weighted by molar-refractivity contribution is 9.10. The van der Waals surface area contributed by atoms with Gasteiger partial charge < -0.3 is 10.3 Å². The van der Waals surface area contributed by atoms with Crippen molar-refractivity contribution in [3.8, 4) is 10.7 Å². The van der Waals surface area contributed by atoms with E-state index in [9.17, 15) is 0 Å². The Bertz CT molecular complexity index is 742. The molecule has 0 aliphatic carbocycles. The predicted octanol–water partition coefficient (Wildman–Crippen LogP) is 4.69. The van der Waals surface area contributed by atoms with Gasteiger partial charge in [-0.15, -0.1) is 11.3 Å². The number of rotatable bonds is 2. The van der Waals surface area contributed by atoms with Gasteiger partial charge in [0.25, 0.3) is 0 Å². The zero-order chi connectivity index (χ0) is 13.6. The third kappa shape index (κ3) is 2.07. The fourth-order valence-corrected chi connectivity index (χ4v) is 3.41. The molecule has 0 saturated heterocycles. The summed E-state index contributed by atoms with van der Waals surface area (Å²) in [5.41, 5.74) is 8.97. The molecule has 3 nitrogen and oxygen atoms in total. The first kappa shape index (κ1) is 12.7. The van der Waals surface area contributed by atoms with Crippen LogP contribution in [0, 0.1) is 0 Å². The van der Waals surface area contributed by atoms with Gasteiger partial charge in [-0.2, -0.15) is 0 Å². The van der Waals surface area contributed by atoms with E-state index in [2.05, 4.69) is 40.4 Å². The summed E-state index contributed by atoms with van der Waals surface area (Å²) in [6.45, 7) is 4.33. The summed E-state index contributed by atoms with van der Waals surface area (Å²) in [5, 5.41) is 2.00. The summed E-state index contributed by atoms with van der Waals surface area (Å²) < 4.78 is 3.28. The first-order chi connectivity index (χ1) is 9.08. The van der Waals surface area contributed by atoms with Crippen LogP contribution in [-0.4, -0.2) is 9.55 Å². The van der Waals surface area contributed by atoms with Crippen molar-refractivity contribution in [3.63, 3.8) is 0 Å². The van der Waals surface area contributed by atoms with Crippen molar-refractivity contribution in [2.24, 2.45) is 0 Å². The molecule has 3 aromatic rings. The van der Waals surface area contributed by atoms with Gasteiger partial charge in [-0.05, 0) is 43.5 Å². The topological polar surface area (TPSA) is 43.8 Å². The number of nitrogens with zero attached hydrogens (tertiary/aromatic N) is 2. The summed E-state index contributed by atoms with van der Waals surface area (Å²) in [6, 6.07) is 8.45. The normalized spacial score (nSPS) is 11.6. The Labute approximate surface area is 124 Å². The van der Waals surface area contributed by atoms with Gasteiger partial charge in [-0.3, -0.25) is 0 Å². The fourth-order valence-electron chi connectivity index (χ4n) is 2.26. The minimum absolute atomic E-state index is 0.336. The van der Waals surface area contributed by atoms with Crippen LogP contribution in [0.2, 0.25) is 0 Å². The van der Waals surface area contributed by atoms with Crippen LogP contribution in [0.1, 0.15) is 19.9 Å². The molecule has 0 bridgehead atoms. The summed E-state index contributed by atoms with van der Waals surface area (Å²) in [6.07, 6.45) is 0. The second-order valence-electron chi connectivity index (χ2n) is 4.74. The van der Waals surface area contributed by atoms with E-state index in [4.69, 9.17) is 10.7 Å². The molecule has 98 valence electrons. The van der Waals surface area contributed by atoms with Crippen LogP contribution in [0.4, 0.5) is 5.69 Å². The summed E-state index contributed by atoms with van der Waals surface area (Å²) in [4.78, 5) is 5.80. The molecule has 19 heavy (non-hydrogen) atoms. The van der Waals surface area contributed by atoms with E-state index < -0.39 is 0 Å². The number of benzene rings is 1. The number of halogens is 1. The van der Waals surface area contributed by atoms with Gasteiger partial charge in [0.05, 0.1) is 21.6 Å². The number of hydrogen-bond acceptors (Lipinski definition) is 3. The van der Waals surface area contributed by atoms with Crippen LogP contribution in [0.5, 0.6) is 0 Å². The summed E-state index contributed by atoms with van der Waals surface area (Å²) >= 11 is 5.13. The Morgan fingerprint density at radius 1 is 1.32 bits per heavy atom. The van der Waals surface area contributed by atoms with E-state index in [0.29, 0.717) is 6.04 Å². The highest BCUT2D eigenvalue weighted by atomic mass is 79.9. The van der Waals surface area contributed by atoms with Crippen molar-refractivity contribution in [1.29, 1.82) is 0 Å². The van der Waals surface area contributed by atoms with Gasteiger partial charge in [0, 0.05) is 10.5 Å². The SMILES string of the molecule is CC(C)n1c(-c2sccc2N)nc2cc(Br)ccc21. The molecular weight excluding hydrogens is 322 g/mol. The molecule has 2 N–H and O–H groups in total. The van der Waals surface area contributed by atoms with E-state index in [1.165, 1.54) is 0 Å². The number of hydrogen-bond donors (Lipinski definition) is 1. The second kappa shape index (κ2) is 4.65. The number of fused-ring (bicyclic) bond motifs is 1. The molecule has 0 unspecified atom stereocenters. The molecule has 0 amide bonds. The van der Waals surface area contributed by atoms with Gasteiger partial charge in [-0.1, -0.05) is 15.9 Å². The number of thiophene rings is 1. The number of nitrogens with two attached hydrogens (primary N) is 1. The van der Waals surface area contributed by atoms with Crippen LogP contribution in [0.3, 0.4) is 0 Å². The maximum atomic E-state index is 6.04. The average Bonchev–Trinajstić information content (AvgIpc) is 2.91. The minimum atomic E-state index is 0.336. The number of imidazole rings is 1. The summed E-state index contributed by atoms with van der Waals surface area (Å²) in [5.74, 6) is 0.954. The molecule has 0 fully saturated rings. The lowest BCUT2D eigenvalue weighted by Gasteiger charge is -2.12. The van der Waals surface area contributed by atoms with Gasteiger partial charge in [-0.25, -0.2) is 4.98 Å². The molecular formula is C14H14BrN3S. The number of aromatic nitrogens is 2. The summed E-state index contributed by atoms with van der Waals surface area (Å²) in [7, 11) is 0. The Hall–Kier alpha value is -1.33. The van der Waals surface area contributed by atoms with E-state index in [1.807, 2.05) is 23.6 Å². The van der Waals surface area contributed by atoms with E-state index in [-0.39, 0.29) is 0 Å². The van der Waals surface area contributed by atoms with Crippen LogP contribution in [0.25, 0.3) is 21.7 Å². The zero-order valence-corrected chi connectivity index (χ0v) is 13.1. The van der Waals surface area contributed by atoms with Crippen molar-refractivity contribution in [1.82, 2.24) is 9.55 Å². The quantitative estimate of drug-likeness (QED) is 0.738. The maximum Gasteiger partial charge on any atom is 0.153 e. The lowest BCUT2D eigenvalue weighted by Crippen LogP contribution is -2.03. The zero-order valence-electron chi connectivity index (χ0n) is 10.7. The van der Waals surface area contributed by atoms with Gasteiger partial charge in [0.15, 0.2) is 5.82 Å². The molecule has 2 heterocycles. The second-order valence-corrected chi connectivity index (χ2v) is 6.57. The van der Waals surface area contributed by atoms with Crippen LogP contribution in [-0.2, 0) is 0 Å². The average molecular weight is 336 g/mol. The monoisotopic (exact) mass is 335 g/mol. The minimum Gasteiger partial charge on any atom is -0.397 e. The Morgan fingerprint density at radius 2 is 2.11 bits per heavy atom. The standard InChI is InChI=1S/C14H14BrN3S/c1-8(2)18-12-4-3-9(15)7-11(12)17-14(18)13-10(16)5-6-19-13/h3-8H,16H2,1-2H3. The first-order valence-electron chi connectivity index (χ1n) is 6.08.